The zero-order valence-corrected chi connectivity index (χ0v) is 9.30. The molecule has 1 unspecified atom stereocenters. The number of hydrogen-bond donors (Lipinski definition) is 0. The van der Waals surface area contributed by atoms with Gasteiger partial charge < -0.3 is 4.90 Å². The van der Waals surface area contributed by atoms with E-state index in [1.165, 1.54) is 10.5 Å². The van der Waals surface area contributed by atoms with Crippen LogP contribution in [0.15, 0.2) is 29.2 Å². The molecule has 0 aromatic heterocycles. The molecule has 1 atom stereocenters. The average Bonchev–Trinajstić information content (AvgIpc) is 2.53. The number of nitrogens with zero attached hydrogens (tertiary/aromatic N) is 1. The Kier molecular flexibility index (Phi) is 2.20. The maximum absolute atomic E-state index is 11.7. The van der Waals surface area contributed by atoms with Crippen molar-refractivity contribution in [2.75, 3.05) is 12.3 Å². The second-order valence-corrected chi connectivity index (χ2v) is 5.16. The number of carbonyl (C=O) groups is 1. The number of hydrogen-bond acceptors (Lipinski definition) is 2. The highest BCUT2D eigenvalue weighted by atomic mass is 32.2. The molecular formula is C12H13NOS. The quantitative estimate of drug-likeness (QED) is 0.668. The van der Waals surface area contributed by atoms with E-state index in [1.807, 2.05) is 11.8 Å². The van der Waals surface area contributed by atoms with Gasteiger partial charge in [-0.3, -0.25) is 4.79 Å². The molecule has 0 radical (unpaired) electrons. The Labute approximate surface area is 93.7 Å². The van der Waals surface area contributed by atoms with E-state index in [9.17, 15) is 4.79 Å². The van der Waals surface area contributed by atoms with Crippen molar-refractivity contribution in [1.82, 2.24) is 4.90 Å². The van der Waals surface area contributed by atoms with E-state index >= 15 is 0 Å². The summed E-state index contributed by atoms with van der Waals surface area (Å²) in [5, 5.41) is 0. The van der Waals surface area contributed by atoms with Gasteiger partial charge >= 0.3 is 0 Å². The third-order valence-corrected chi connectivity index (χ3v) is 4.27. The minimum atomic E-state index is 0.331. The van der Waals surface area contributed by atoms with Crippen LogP contribution >= 0.6 is 11.8 Å². The summed E-state index contributed by atoms with van der Waals surface area (Å²) in [7, 11) is 0. The molecule has 1 aromatic rings. The molecule has 15 heavy (non-hydrogen) atoms. The summed E-state index contributed by atoms with van der Waals surface area (Å²) in [6, 6.07) is 8.85. The maximum Gasteiger partial charge on any atom is 0.223 e. The first-order chi connectivity index (χ1) is 7.36. The summed E-state index contributed by atoms with van der Waals surface area (Å²) < 4.78 is 0. The Morgan fingerprint density at radius 1 is 1.33 bits per heavy atom. The Morgan fingerprint density at radius 2 is 2.20 bits per heavy atom. The smallest absolute Gasteiger partial charge is 0.223 e. The van der Waals surface area contributed by atoms with Gasteiger partial charge in [-0.05, 0) is 18.1 Å². The second kappa shape index (κ2) is 3.56. The molecule has 2 nitrogen and oxygen atoms in total. The van der Waals surface area contributed by atoms with Gasteiger partial charge in [-0.1, -0.05) is 18.2 Å². The van der Waals surface area contributed by atoms with Crippen LogP contribution in [-0.2, 0) is 4.79 Å². The van der Waals surface area contributed by atoms with Gasteiger partial charge in [0, 0.05) is 23.6 Å². The van der Waals surface area contributed by atoms with E-state index in [-0.39, 0.29) is 0 Å². The lowest BCUT2D eigenvalue weighted by Gasteiger charge is -2.22. The molecule has 78 valence electrons. The highest BCUT2D eigenvalue weighted by Crippen LogP contribution is 2.40. The first kappa shape index (κ1) is 9.28. The van der Waals surface area contributed by atoms with Crippen molar-refractivity contribution in [3.05, 3.63) is 29.8 Å². The monoisotopic (exact) mass is 219 g/mol. The Bertz CT molecular complexity index is 404. The van der Waals surface area contributed by atoms with Crippen molar-refractivity contribution in [3.8, 4) is 0 Å². The van der Waals surface area contributed by atoms with Crippen LogP contribution in [0.3, 0.4) is 0 Å². The van der Waals surface area contributed by atoms with Crippen LogP contribution in [0.2, 0.25) is 0 Å². The molecule has 2 aliphatic rings. The minimum absolute atomic E-state index is 0.331. The largest absolute Gasteiger partial charge is 0.335 e. The fourth-order valence-electron chi connectivity index (χ4n) is 2.48. The van der Waals surface area contributed by atoms with E-state index in [0.29, 0.717) is 11.9 Å². The normalized spacial score (nSPS) is 24.7. The average molecular weight is 219 g/mol. The van der Waals surface area contributed by atoms with Crippen molar-refractivity contribution in [3.63, 3.8) is 0 Å². The Balaban J connectivity index is 2.06. The fraction of sp³-hybridized carbons (Fsp3) is 0.417. The summed E-state index contributed by atoms with van der Waals surface area (Å²) >= 11 is 1.87. The summed E-state index contributed by atoms with van der Waals surface area (Å²) in [6.45, 7) is 0.906. The summed E-state index contributed by atoms with van der Waals surface area (Å²) in [5.41, 5.74) is 1.35. The summed E-state index contributed by atoms with van der Waals surface area (Å²) in [6.07, 6.45) is 1.72. The van der Waals surface area contributed by atoms with Crippen LogP contribution in [0.5, 0.6) is 0 Å². The number of rotatable bonds is 0. The molecule has 3 heteroatoms. The first-order valence-corrected chi connectivity index (χ1v) is 6.36. The van der Waals surface area contributed by atoms with E-state index in [2.05, 4.69) is 29.2 Å². The Hall–Kier alpha value is -0.960. The highest BCUT2D eigenvalue weighted by molar-refractivity contribution is 7.99. The number of fused-ring (bicyclic) bond motifs is 3. The van der Waals surface area contributed by atoms with Gasteiger partial charge in [0.15, 0.2) is 0 Å². The minimum Gasteiger partial charge on any atom is -0.335 e. The predicted molar refractivity (Wildman–Crippen MR) is 60.9 cm³/mol. The van der Waals surface area contributed by atoms with Crippen molar-refractivity contribution in [1.29, 1.82) is 0 Å². The molecule has 1 amide bonds. The van der Waals surface area contributed by atoms with Crippen LogP contribution in [-0.4, -0.2) is 23.1 Å². The lowest BCUT2D eigenvalue weighted by Crippen LogP contribution is -2.28. The number of benzene rings is 1. The molecule has 1 fully saturated rings. The molecule has 0 bridgehead atoms. The first-order valence-electron chi connectivity index (χ1n) is 5.37. The van der Waals surface area contributed by atoms with Crippen molar-refractivity contribution in [2.45, 2.75) is 23.8 Å². The SMILES string of the molecule is O=C1CCC2c3ccccc3SCCN12. The lowest BCUT2D eigenvalue weighted by atomic mass is 10.0. The van der Waals surface area contributed by atoms with E-state index in [4.69, 9.17) is 0 Å². The number of amides is 1. The lowest BCUT2D eigenvalue weighted by molar-refractivity contribution is -0.128. The molecule has 0 spiro atoms. The van der Waals surface area contributed by atoms with Crippen molar-refractivity contribution < 1.29 is 4.79 Å². The summed E-state index contributed by atoms with van der Waals surface area (Å²) in [4.78, 5) is 15.1. The standard InChI is InChI=1S/C12H13NOS/c14-12-6-5-10-9-3-1-2-4-11(9)15-8-7-13(10)12/h1-4,10H,5-8H2. The van der Waals surface area contributed by atoms with Crippen molar-refractivity contribution in [2.24, 2.45) is 0 Å². The number of thioether (sulfide) groups is 1. The predicted octanol–water partition coefficient (Wildman–Crippen LogP) is 2.46. The number of carbonyl (C=O) groups excluding carboxylic acids is 1. The molecule has 1 saturated heterocycles. The molecule has 2 aliphatic heterocycles. The van der Waals surface area contributed by atoms with Crippen molar-refractivity contribution >= 4 is 17.7 Å². The van der Waals surface area contributed by atoms with Gasteiger partial charge in [0.1, 0.15) is 0 Å². The summed E-state index contributed by atoms with van der Waals surface area (Å²) in [5.74, 6) is 1.36. The van der Waals surface area contributed by atoms with Crippen LogP contribution in [0, 0.1) is 0 Å². The topological polar surface area (TPSA) is 20.3 Å². The van der Waals surface area contributed by atoms with Gasteiger partial charge in [-0.2, -0.15) is 0 Å². The molecule has 3 rings (SSSR count). The van der Waals surface area contributed by atoms with Gasteiger partial charge in [0.05, 0.1) is 6.04 Å². The van der Waals surface area contributed by atoms with Gasteiger partial charge in [-0.25, -0.2) is 0 Å². The molecule has 0 saturated carbocycles. The Morgan fingerprint density at radius 3 is 3.13 bits per heavy atom. The van der Waals surface area contributed by atoms with E-state index < -0.39 is 0 Å². The zero-order chi connectivity index (χ0) is 10.3. The van der Waals surface area contributed by atoms with Gasteiger partial charge in [-0.15, -0.1) is 11.8 Å². The van der Waals surface area contributed by atoms with Crippen LogP contribution < -0.4 is 0 Å². The van der Waals surface area contributed by atoms with Gasteiger partial charge in [0.2, 0.25) is 5.91 Å². The van der Waals surface area contributed by atoms with Gasteiger partial charge in [0.25, 0.3) is 0 Å². The molecule has 2 heterocycles. The molecule has 1 aromatic carbocycles. The third kappa shape index (κ3) is 1.46. The highest BCUT2D eigenvalue weighted by Gasteiger charge is 2.34. The van der Waals surface area contributed by atoms with Crippen LogP contribution in [0.1, 0.15) is 24.4 Å². The molecular weight excluding hydrogens is 206 g/mol. The zero-order valence-electron chi connectivity index (χ0n) is 8.48. The molecule has 0 aliphatic carbocycles. The van der Waals surface area contributed by atoms with E-state index in [0.717, 1.165) is 25.1 Å². The van der Waals surface area contributed by atoms with Crippen LogP contribution in [0.4, 0.5) is 0 Å². The third-order valence-electron chi connectivity index (χ3n) is 3.20. The maximum atomic E-state index is 11.7. The van der Waals surface area contributed by atoms with E-state index in [1.54, 1.807) is 0 Å². The van der Waals surface area contributed by atoms with Crippen LogP contribution in [0.25, 0.3) is 0 Å². The fourth-order valence-corrected chi connectivity index (χ4v) is 3.53. The second-order valence-electron chi connectivity index (χ2n) is 4.03. The molecule has 0 N–H and O–H groups in total.